The minimum absolute atomic E-state index is 0.00318. The average Bonchev–Trinajstić information content (AvgIpc) is 2.84. The van der Waals surface area contributed by atoms with E-state index in [0.29, 0.717) is 5.56 Å². The van der Waals surface area contributed by atoms with Gasteiger partial charge in [-0.1, -0.05) is 54.6 Å². The molecule has 164 valence electrons. The van der Waals surface area contributed by atoms with Crippen LogP contribution in [-0.4, -0.2) is 0 Å². The first-order chi connectivity index (χ1) is 15.8. The van der Waals surface area contributed by atoms with Crippen molar-refractivity contribution in [2.45, 2.75) is 0 Å². The Balaban J connectivity index is 2.13. The average molecular weight is 456 g/mol. The van der Waals surface area contributed by atoms with Crippen molar-refractivity contribution in [2.75, 3.05) is 0 Å². The molecule has 5 aromatic carbocycles. The van der Waals surface area contributed by atoms with Gasteiger partial charge in [-0.15, -0.1) is 0 Å². The van der Waals surface area contributed by atoms with E-state index in [2.05, 4.69) is 0 Å². The fraction of sp³-hybridized carbons (Fsp3) is 0. The maximum Gasteiger partial charge on any atom is 0.200 e. The monoisotopic (exact) mass is 456 g/mol. The van der Waals surface area contributed by atoms with Crippen LogP contribution in [0.1, 0.15) is 0 Å². The van der Waals surface area contributed by atoms with Crippen LogP contribution >= 0.6 is 0 Å². The molecule has 0 fully saturated rings. The summed E-state index contributed by atoms with van der Waals surface area (Å²) in [7, 11) is 0. The number of rotatable bonds is 2. The molecular weight excluding hydrogens is 445 g/mol. The topological polar surface area (TPSA) is 0 Å². The lowest BCUT2D eigenvalue weighted by molar-refractivity contribution is 0.381. The molecule has 5 aromatic rings. The lowest BCUT2D eigenvalue weighted by atomic mass is 9.85. The molecule has 0 N–H and O–H groups in total. The summed E-state index contributed by atoms with van der Waals surface area (Å²) < 4.78 is 102. The van der Waals surface area contributed by atoms with E-state index in [1.807, 2.05) is 0 Å². The van der Waals surface area contributed by atoms with Gasteiger partial charge in [-0.3, -0.25) is 0 Å². The predicted octanol–water partition coefficient (Wildman–Crippen LogP) is 8.30. The van der Waals surface area contributed by atoms with Gasteiger partial charge in [-0.2, -0.15) is 0 Å². The summed E-state index contributed by atoms with van der Waals surface area (Å²) in [4.78, 5) is 0. The van der Waals surface area contributed by atoms with Gasteiger partial charge in [-0.25, -0.2) is 30.7 Å². The van der Waals surface area contributed by atoms with Crippen molar-refractivity contribution >= 4 is 21.5 Å². The molecule has 7 heteroatoms. The lowest BCUT2D eigenvalue weighted by Gasteiger charge is -2.19. The molecule has 0 aliphatic rings. The highest BCUT2D eigenvalue weighted by Crippen LogP contribution is 2.47. The Hall–Kier alpha value is -3.87. The number of halogens is 7. The zero-order chi connectivity index (χ0) is 23.4. The Morgan fingerprint density at radius 1 is 0.364 bits per heavy atom. The molecule has 0 saturated heterocycles. The maximum absolute atomic E-state index is 15.2. The standard InChI is InChI=1S/C26H11F7/c27-15-10-11-16(28)20-18(21-22(29)24(31)26(33)25(32)23(21)30)14-9-5-4-8-13(14)17(19(15)20)12-6-2-1-3-7-12/h1-11H. The second-order valence-electron chi connectivity index (χ2n) is 7.39. The normalized spacial score (nSPS) is 11.5. The number of hydrogen-bond donors (Lipinski definition) is 0. The summed E-state index contributed by atoms with van der Waals surface area (Å²) >= 11 is 0. The van der Waals surface area contributed by atoms with E-state index in [1.165, 1.54) is 18.2 Å². The molecule has 0 unspecified atom stereocenters. The predicted molar refractivity (Wildman–Crippen MR) is 112 cm³/mol. The minimum atomic E-state index is -2.34. The van der Waals surface area contributed by atoms with Crippen molar-refractivity contribution in [1.82, 2.24) is 0 Å². The third-order valence-corrected chi connectivity index (χ3v) is 5.59. The summed E-state index contributed by atoms with van der Waals surface area (Å²) in [5.41, 5.74) is -1.24. The van der Waals surface area contributed by atoms with Crippen LogP contribution in [0.5, 0.6) is 0 Å². The molecule has 0 aliphatic heterocycles. The summed E-state index contributed by atoms with van der Waals surface area (Å²) in [6.07, 6.45) is 0. The second kappa shape index (κ2) is 7.62. The maximum atomic E-state index is 15.2. The van der Waals surface area contributed by atoms with E-state index in [-0.39, 0.29) is 21.7 Å². The van der Waals surface area contributed by atoms with Crippen molar-refractivity contribution < 1.29 is 30.7 Å². The SMILES string of the molecule is Fc1c(F)c(F)c(-c2c3ccccc3c(-c3ccccc3)c3c(F)ccc(F)c23)c(F)c1F. The second-order valence-corrected chi connectivity index (χ2v) is 7.39. The van der Waals surface area contributed by atoms with Gasteiger partial charge in [0.05, 0.1) is 5.56 Å². The van der Waals surface area contributed by atoms with Crippen molar-refractivity contribution in [3.8, 4) is 22.3 Å². The third kappa shape index (κ3) is 2.99. The Labute approximate surface area is 182 Å². The highest BCUT2D eigenvalue weighted by atomic mass is 19.2. The van der Waals surface area contributed by atoms with Crippen molar-refractivity contribution in [2.24, 2.45) is 0 Å². The van der Waals surface area contributed by atoms with Crippen LogP contribution in [0.15, 0.2) is 66.7 Å². The zero-order valence-electron chi connectivity index (χ0n) is 16.5. The molecule has 0 atom stereocenters. The van der Waals surface area contributed by atoms with Gasteiger partial charge in [-0.05, 0) is 28.5 Å². The molecule has 0 nitrogen and oxygen atoms in total. The molecular formula is C26H11F7. The van der Waals surface area contributed by atoms with Crippen LogP contribution < -0.4 is 0 Å². The van der Waals surface area contributed by atoms with Crippen molar-refractivity contribution in [1.29, 1.82) is 0 Å². The first-order valence-electron chi connectivity index (χ1n) is 9.72. The minimum Gasteiger partial charge on any atom is -0.206 e. The van der Waals surface area contributed by atoms with Crippen LogP contribution in [-0.2, 0) is 0 Å². The number of fused-ring (bicyclic) bond motifs is 2. The molecule has 0 amide bonds. The Morgan fingerprint density at radius 2 is 0.788 bits per heavy atom. The van der Waals surface area contributed by atoms with Gasteiger partial charge in [0.15, 0.2) is 23.3 Å². The van der Waals surface area contributed by atoms with Gasteiger partial charge in [0.1, 0.15) is 11.6 Å². The van der Waals surface area contributed by atoms with Gasteiger partial charge in [0.2, 0.25) is 5.82 Å². The molecule has 33 heavy (non-hydrogen) atoms. The Morgan fingerprint density at radius 3 is 1.33 bits per heavy atom. The largest absolute Gasteiger partial charge is 0.206 e. The van der Waals surface area contributed by atoms with E-state index in [9.17, 15) is 22.0 Å². The van der Waals surface area contributed by atoms with Crippen molar-refractivity contribution in [3.05, 3.63) is 107 Å². The van der Waals surface area contributed by atoms with Crippen LogP contribution in [0.25, 0.3) is 43.8 Å². The lowest BCUT2D eigenvalue weighted by Crippen LogP contribution is -2.06. The summed E-state index contributed by atoms with van der Waals surface area (Å²) in [6, 6.07) is 15.8. The molecule has 0 spiro atoms. The quantitative estimate of drug-likeness (QED) is 0.108. The Kier molecular flexibility index (Phi) is 4.85. The highest BCUT2D eigenvalue weighted by Gasteiger charge is 2.31. The molecule has 0 aromatic heterocycles. The van der Waals surface area contributed by atoms with Crippen molar-refractivity contribution in [3.63, 3.8) is 0 Å². The zero-order valence-corrected chi connectivity index (χ0v) is 16.5. The van der Waals surface area contributed by atoms with Gasteiger partial charge >= 0.3 is 0 Å². The number of benzene rings is 5. The van der Waals surface area contributed by atoms with Crippen LogP contribution in [0.4, 0.5) is 30.7 Å². The van der Waals surface area contributed by atoms with Gasteiger partial charge in [0, 0.05) is 21.9 Å². The van der Waals surface area contributed by atoms with E-state index in [1.54, 1.807) is 36.4 Å². The molecule has 0 radical (unpaired) electrons. The molecule has 0 heterocycles. The van der Waals surface area contributed by atoms with E-state index >= 15 is 8.78 Å². The fourth-order valence-electron chi connectivity index (χ4n) is 4.22. The fourth-order valence-corrected chi connectivity index (χ4v) is 4.22. The van der Waals surface area contributed by atoms with E-state index in [4.69, 9.17) is 0 Å². The molecule has 0 aliphatic carbocycles. The smallest absolute Gasteiger partial charge is 0.200 e. The first-order valence-corrected chi connectivity index (χ1v) is 9.72. The summed E-state index contributed by atoms with van der Waals surface area (Å²) in [5.74, 6) is -12.9. The highest BCUT2D eigenvalue weighted by molar-refractivity contribution is 6.21. The van der Waals surface area contributed by atoms with E-state index < -0.39 is 57.2 Å². The Bertz CT molecular complexity index is 1540. The van der Waals surface area contributed by atoms with Crippen LogP contribution in [0, 0.1) is 40.7 Å². The van der Waals surface area contributed by atoms with Gasteiger partial charge in [0.25, 0.3) is 0 Å². The van der Waals surface area contributed by atoms with Crippen LogP contribution in [0.3, 0.4) is 0 Å². The van der Waals surface area contributed by atoms with E-state index in [0.717, 1.165) is 12.1 Å². The third-order valence-electron chi connectivity index (χ3n) is 5.59. The number of hydrogen-bond acceptors (Lipinski definition) is 0. The first kappa shape index (κ1) is 21.0. The molecule has 0 bridgehead atoms. The molecule has 0 saturated carbocycles. The van der Waals surface area contributed by atoms with Gasteiger partial charge < -0.3 is 0 Å². The summed E-state index contributed by atoms with van der Waals surface area (Å²) in [6.45, 7) is 0. The van der Waals surface area contributed by atoms with Crippen LogP contribution in [0.2, 0.25) is 0 Å². The summed E-state index contributed by atoms with van der Waals surface area (Å²) in [5, 5.41) is -0.675. The molecule has 5 rings (SSSR count).